The molecule has 2 fully saturated rings. The van der Waals surface area contributed by atoms with Gasteiger partial charge in [0.2, 0.25) is 0 Å². The molecule has 2 aliphatic rings. The molecule has 0 bridgehead atoms. The molecule has 1 spiro atoms. The summed E-state index contributed by atoms with van der Waals surface area (Å²) >= 11 is 0. The summed E-state index contributed by atoms with van der Waals surface area (Å²) in [6.07, 6.45) is 7.36. The third-order valence-corrected chi connectivity index (χ3v) is 5.12. The van der Waals surface area contributed by atoms with Crippen LogP contribution in [0.25, 0.3) is 0 Å². The maximum Gasteiger partial charge on any atom is 0.0125 e. The van der Waals surface area contributed by atoms with Crippen LogP contribution in [0.4, 0.5) is 0 Å². The second kappa shape index (κ2) is 4.51. The van der Waals surface area contributed by atoms with Gasteiger partial charge in [-0.15, -0.1) is 0 Å². The molecule has 0 radical (unpaired) electrons. The van der Waals surface area contributed by atoms with Crippen molar-refractivity contribution in [1.82, 2.24) is 4.90 Å². The molecule has 2 rings (SSSR count). The predicted molar refractivity (Wildman–Crippen MR) is 79.8 cm³/mol. The second-order valence-corrected chi connectivity index (χ2v) is 9.20. The number of nitrogens with zero attached hydrogens (tertiary/aromatic N) is 1. The summed E-state index contributed by atoms with van der Waals surface area (Å²) in [6.45, 7) is 16.9. The van der Waals surface area contributed by atoms with Crippen molar-refractivity contribution in [2.24, 2.45) is 16.7 Å². The lowest BCUT2D eigenvalue weighted by atomic mass is 9.55. The molecule has 0 aromatic carbocycles. The highest BCUT2D eigenvalue weighted by Crippen LogP contribution is 2.55. The van der Waals surface area contributed by atoms with E-state index >= 15 is 0 Å². The van der Waals surface area contributed by atoms with E-state index in [0.717, 1.165) is 11.3 Å². The summed E-state index contributed by atoms with van der Waals surface area (Å²) < 4.78 is 0. The summed E-state index contributed by atoms with van der Waals surface area (Å²) in [6, 6.07) is 0. The lowest BCUT2D eigenvalue weighted by Crippen LogP contribution is -2.52. The summed E-state index contributed by atoms with van der Waals surface area (Å²) in [7, 11) is 0. The van der Waals surface area contributed by atoms with Gasteiger partial charge in [-0.3, -0.25) is 4.90 Å². The summed E-state index contributed by atoms with van der Waals surface area (Å²) in [5.74, 6) is 1.02. The van der Waals surface area contributed by atoms with E-state index in [4.69, 9.17) is 0 Å². The van der Waals surface area contributed by atoms with Crippen molar-refractivity contribution in [1.29, 1.82) is 0 Å². The van der Waals surface area contributed by atoms with E-state index in [2.05, 4.69) is 46.4 Å². The van der Waals surface area contributed by atoms with Gasteiger partial charge >= 0.3 is 0 Å². The lowest BCUT2D eigenvalue weighted by molar-refractivity contribution is -0.0462. The van der Waals surface area contributed by atoms with Crippen molar-refractivity contribution in [2.75, 3.05) is 13.1 Å². The number of likely N-dealkylation sites (tertiary alicyclic amines) is 1. The van der Waals surface area contributed by atoms with Crippen molar-refractivity contribution in [2.45, 2.75) is 79.2 Å². The van der Waals surface area contributed by atoms with E-state index in [1.165, 1.54) is 45.2 Å². The van der Waals surface area contributed by atoms with Crippen LogP contribution in [-0.2, 0) is 0 Å². The van der Waals surface area contributed by atoms with Gasteiger partial charge in [0.25, 0.3) is 0 Å². The fourth-order valence-electron chi connectivity index (χ4n) is 4.24. The fourth-order valence-corrected chi connectivity index (χ4v) is 4.24. The van der Waals surface area contributed by atoms with Gasteiger partial charge in [0.1, 0.15) is 0 Å². The molecule has 0 aromatic heterocycles. The van der Waals surface area contributed by atoms with Crippen LogP contribution in [0.15, 0.2) is 0 Å². The van der Waals surface area contributed by atoms with Crippen LogP contribution >= 0.6 is 0 Å². The Kier molecular flexibility index (Phi) is 3.60. The number of hydrogen-bond donors (Lipinski definition) is 0. The van der Waals surface area contributed by atoms with E-state index in [1.54, 1.807) is 0 Å². The summed E-state index contributed by atoms with van der Waals surface area (Å²) in [5.41, 5.74) is 1.65. The number of piperidine rings is 1. The maximum absolute atomic E-state index is 2.68. The molecule has 1 heterocycles. The van der Waals surface area contributed by atoms with Gasteiger partial charge in [-0.25, -0.2) is 0 Å². The minimum Gasteiger partial charge on any atom is -0.298 e. The van der Waals surface area contributed by atoms with E-state index in [-0.39, 0.29) is 0 Å². The molecular weight excluding hydrogens is 218 g/mol. The first-order valence-electron chi connectivity index (χ1n) is 7.85. The molecule has 0 amide bonds. The molecule has 0 N–H and O–H groups in total. The lowest BCUT2D eigenvalue weighted by Gasteiger charge is -2.55. The van der Waals surface area contributed by atoms with Gasteiger partial charge in [-0.1, -0.05) is 20.8 Å². The van der Waals surface area contributed by atoms with Gasteiger partial charge in [0, 0.05) is 5.54 Å². The van der Waals surface area contributed by atoms with Crippen molar-refractivity contribution < 1.29 is 0 Å². The van der Waals surface area contributed by atoms with Crippen LogP contribution in [0, 0.1) is 16.7 Å². The Morgan fingerprint density at radius 3 is 1.83 bits per heavy atom. The van der Waals surface area contributed by atoms with E-state index in [1.807, 2.05) is 0 Å². The first-order chi connectivity index (χ1) is 8.10. The average molecular weight is 251 g/mol. The highest BCUT2D eigenvalue weighted by molar-refractivity contribution is 4.99. The summed E-state index contributed by atoms with van der Waals surface area (Å²) in [4.78, 5) is 2.68. The van der Waals surface area contributed by atoms with Gasteiger partial charge in [-0.2, -0.15) is 0 Å². The Bertz CT molecular complexity index is 268. The Morgan fingerprint density at radius 1 is 0.944 bits per heavy atom. The van der Waals surface area contributed by atoms with Crippen molar-refractivity contribution in [3.63, 3.8) is 0 Å². The Labute approximate surface area is 114 Å². The van der Waals surface area contributed by atoms with Crippen LogP contribution in [0.5, 0.6) is 0 Å². The van der Waals surface area contributed by atoms with Crippen molar-refractivity contribution >= 4 is 0 Å². The average Bonchev–Trinajstić information content (AvgIpc) is 2.12. The molecule has 106 valence electrons. The standard InChI is InChI=1S/C17H33N/c1-15(2,3)11-14-12-17(13-14)7-9-18(10-8-17)16(4,5)6/h14H,7-13H2,1-6H3. The van der Waals surface area contributed by atoms with Gasteiger partial charge < -0.3 is 0 Å². The first-order valence-corrected chi connectivity index (χ1v) is 7.85. The van der Waals surface area contributed by atoms with E-state index < -0.39 is 0 Å². The Hall–Kier alpha value is -0.0400. The van der Waals surface area contributed by atoms with Crippen LogP contribution in [0.3, 0.4) is 0 Å². The van der Waals surface area contributed by atoms with Crippen LogP contribution in [-0.4, -0.2) is 23.5 Å². The van der Waals surface area contributed by atoms with Gasteiger partial charge in [0.15, 0.2) is 0 Å². The highest BCUT2D eigenvalue weighted by atomic mass is 15.2. The fraction of sp³-hybridized carbons (Fsp3) is 1.00. The van der Waals surface area contributed by atoms with Crippen LogP contribution < -0.4 is 0 Å². The molecule has 0 unspecified atom stereocenters. The second-order valence-electron chi connectivity index (χ2n) is 9.20. The normalized spacial score (nSPS) is 26.3. The Balaban J connectivity index is 1.79. The van der Waals surface area contributed by atoms with Crippen molar-refractivity contribution in [3.8, 4) is 0 Å². The molecule has 1 nitrogen and oxygen atoms in total. The summed E-state index contributed by atoms with van der Waals surface area (Å²) in [5, 5.41) is 0. The SMILES string of the molecule is CC(C)(C)CC1CC2(CCN(C(C)(C)C)CC2)C1. The first kappa shape index (κ1) is 14.4. The van der Waals surface area contributed by atoms with Gasteiger partial charge in [-0.05, 0) is 82.7 Å². The minimum absolute atomic E-state index is 0.371. The largest absolute Gasteiger partial charge is 0.298 e. The highest BCUT2D eigenvalue weighted by Gasteiger charge is 2.47. The van der Waals surface area contributed by atoms with Gasteiger partial charge in [0.05, 0.1) is 0 Å². The molecule has 0 aromatic rings. The molecule has 1 aliphatic heterocycles. The third kappa shape index (κ3) is 3.29. The molecule has 1 heteroatoms. The van der Waals surface area contributed by atoms with Crippen LogP contribution in [0.2, 0.25) is 0 Å². The zero-order valence-corrected chi connectivity index (χ0v) is 13.5. The molecular formula is C17H33N. The quantitative estimate of drug-likeness (QED) is 0.652. The predicted octanol–water partition coefficient (Wildman–Crippen LogP) is 4.71. The maximum atomic E-state index is 2.68. The van der Waals surface area contributed by atoms with E-state index in [9.17, 15) is 0 Å². The monoisotopic (exact) mass is 251 g/mol. The smallest absolute Gasteiger partial charge is 0.0125 e. The molecule has 1 aliphatic carbocycles. The van der Waals surface area contributed by atoms with Crippen molar-refractivity contribution in [3.05, 3.63) is 0 Å². The van der Waals surface area contributed by atoms with E-state index in [0.29, 0.717) is 11.0 Å². The zero-order chi connectivity index (χ0) is 13.6. The number of rotatable bonds is 1. The minimum atomic E-state index is 0.371. The zero-order valence-electron chi connectivity index (χ0n) is 13.5. The topological polar surface area (TPSA) is 3.24 Å². The Morgan fingerprint density at radius 2 is 1.44 bits per heavy atom. The third-order valence-electron chi connectivity index (χ3n) is 5.12. The molecule has 1 saturated heterocycles. The molecule has 18 heavy (non-hydrogen) atoms. The van der Waals surface area contributed by atoms with Crippen LogP contribution in [0.1, 0.15) is 73.6 Å². The number of hydrogen-bond acceptors (Lipinski definition) is 1. The molecule has 0 atom stereocenters. The molecule has 1 saturated carbocycles.